The number of hydrogen-bond acceptors (Lipinski definition) is 5. The number of rotatable bonds is 3. The molecule has 1 aliphatic rings. The van der Waals surface area contributed by atoms with Crippen molar-refractivity contribution in [2.45, 2.75) is 18.8 Å². The van der Waals surface area contributed by atoms with Gasteiger partial charge in [-0.25, -0.2) is 9.78 Å². The van der Waals surface area contributed by atoms with Gasteiger partial charge in [0.15, 0.2) is 5.72 Å². The van der Waals surface area contributed by atoms with Gasteiger partial charge in [0.2, 0.25) is 5.95 Å². The first-order valence-corrected chi connectivity index (χ1v) is 10.7. The molecule has 36 heavy (non-hydrogen) atoms. The average molecular weight is 496 g/mol. The number of aromatic nitrogens is 2. The minimum atomic E-state index is -4.65. The Kier molecular flexibility index (Phi) is 5.25. The van der Waals surface area contributed by atoms with Crippen molar-refractivity contribution < 1.29 is 32.6 Å². The van der Waals surface area contributed by atoms with Gasteiger partial charge in [-0.05, 0) is 48.9 Å². The van der Waals surface area contributed by atoms with Crippen molar-refractivity contribution in [1.82, 2.24) is 9.97 Å². The Morgan fingerprint density at radius 1 is 1.14 bits per heavy atom. The van der Waals surface area contributed by atoms with Crippen LogP contribution in [0.2, 0.25) is 0 Å². The number of nitrogens with zero attached hydrogens (tertiary/aromatic N) is 2. The standard InChI is InChI=1S/C25H19F3N4O4/c1-13-9-15(25(26,27)28)11-16(10-13)32-21(33)17-5-3-4-6-18(17)24(32,35)14-7-8-19-20(12-14)30-22(29-19)31-23(34)36-2/h3-12,35H,1-2H3,(H2,29,30,31,34). The number of aliphatic hydroxyl groups is 1. The molecule has 0 radical (unpaired) electrons. The fourth-order valence-corrected chi connectivity index (χ4v) is 4.44. The maximum atomic E-state index is 13.6. The normalized spacial score (nSPS) is 17.4. The molecule has 1 unspecified atom stereocenters. The van der Waals surface area contributed by atoms with Crippen molar-refractivity contribution in [2.24, 2.45) is 0 Å². The van der Waals surface area contributed by atoms with Crippen LogP contribution in [0.15, 0.2) is 60.7 Å². The first-order chi connectivity index (χ1) is 17.0. The molecule has 5 rings (SSSR count). The number of halogens is 3. The third-order valence-corrected chi connectivity index (χ3v) is 6.00. The summed E-state index contributed by atoms with van der Waals surface area (Å²) in [5, 5.41) is 14.5. The van der Waals surface area contributed by atoms with Gasteiger partial charge in [-0.15, -0.1) is 0 Å². The molecule has 1 aromatic heterocycles. The molecule has 0 saturated heterocycles. The van der Waals surface area contributed by atoms with Crippen molar-refractivity contribution in [3.05, 3.63) is 88.5 Å². The quantitative estimate of drug-likeness (QED) is 0.373. The molecule has 0 aliphatic carbocycles. The van der Waals surface area contributed by atoms with Crippen LogP contribution in [0.1, 0.15) is 32.6 Å². The number of carbonyl (C=O) groups is 2. The zero-order chi connectivity index (χ0) is 25.8. The van der Waals surface area contributed by atoms with E-state index in [1.54, 1.807) is 24.3 Å². The molecule has 0 spiro atoms. The Morgan fingerprint density at radius 2 is 1.89 bits per heavy atom. The first-order valence-electron chi connectivity index (χ1n) is 10.7. The summed E-state index contributed by atoms with van der Waals surface area (Å²) in [6.07, 6.45) is -5.39. The smallest absolute Gasteiger partial charge is 0.416 e. The molecular weight excluding hydrogens is 477 g/mol. The highest BCUT2D eigenvalue weighted by Crippen LogP contribution is 2.46. The summed E-state index contributed by atoms with van der Waals surface area (Å²) in [5.41, 5.74) is -1.47. The van der Waals surface area contributed by atoms with Gasteiger partial charge in [0.05, 0.1) is 23.7 Å². The first kappa shape index (κ1) is 23.4. The van der Waals surface area contributed by atoms with Crippen molar-refractivity contribution in [3.63, 3.8) is 0 Å². The van der Waals surface area contributed by atoms with Crippen LogP contribution in [-0.2, 0) is 16.6 Å². The number of alkyl halides is 3. The predicted octanol–water partition coefficient (Wildman–Crippen LogP) is 4.92. The molecule has 184 valence electrons. The van der Waals surface area contributed by atoms with Gasteiger partial charge >= 0.3 is 12.3 Å². The van der Waals surface area contributed by atoms with E-state index in [4.69, 9.17) is 0 Å². The number of hydrogen-bond donors (Lipinski definition) is 3. The molecule has 1 aliphatic heterocycles. The third-order valence-electron chi connectivity index (χ3n) is 6.00. The average Bonchev–Trinajstić information content (AvgIpc) is 3.34. The Morgan fingerprint density at radius 3 is 2.61 bits per heavy atom. The molecule has 4 aromatic rings. The van der Waals surface area contributed by atoms with Crippen molar-refractivity contribution in [2.75, 3.05) is 17.3 Å². The van der Waals surface area contributed by atoms with E-state index in [-0.39, 0.29) is 33.9 Å². The molecule has 0 fully saturated rings. The number of carbonyl (C=O) groups excluding carboxylic acids is 2. The van der Waals surface area contributed by atoms with E-state index >= 15 is 0 Å². The second-order valence-electron chi connectivity index (χ2n) is 8.35. The minimum absolute atomic E-state index is 0.0919. The topological polar surface area (TPSA) is 108 Å². The van der Waals surface area contributed by atoms with Crippen LogP contribution in [-0.4, -0.2) is 34.2 Å². The van der Waals surface area contributed by atoms with Crippen molar-refractivity contribution in [1.29, 1.82) is 0 Å². The van der Waals surface area contributed by atoms with E-state index < -0.39 is 29.5 Å². The van der Waals surface area contributed by atoms with E-state index in [9.17, 15) is 27.9 Å². The molecule has 1 atom stereocenters. The largest absolute Gasteiger partial charge is 0.453 e. The number of nitrogens with one attached hydrogen (secondary N) is 2. The Labute approximate surface area is 202 Å². The zero-order valence-electron chi connectivity index (χ0n) is 19.0. The minimum Gasteiger partial charge on any atom is -0.453 e. The van der Waals surface area contributed by atoms with Crippen LogP contribution >= 0.6 is 0 Å². The molecule has 0 saturated carbocycles. The molecule has 11 heteroatoms. The number of fused-ring (bicyclic) bond motifs is 2. The molecule has 3 aromatic carbocycles. The number of amides is 2. The summed E-state index contributed by atoms with van der Waals surface area (Å²) in [6.45, 7) is 1.48. The zero-order valence-corrected chi connectivity index (χ0v) is 19.0. The number of imidazole rings is 1. The number of anilines is 2. The van der Waals surface area contributed by atoms with Crippen LogP contribution in [0, 0.1) is 6.92 Å². The lowest BCUT2D eigenvalue weighted by Gasteiger charge is -2.35. The maximum Gasteiger partial charge on any atom is 0.416 e. The van der Waals surface area contributed by atoms with Crippen LogP contribution < -0.4 is 10.2 Å². The number of aryl methyl sites for hydroxylation is 1. The third kappa shape index (κ3) is 3.64. The number of benzene rings is 3. The lowest BCUT2D eigenvalue weighted by molar-refractivity contribution is -0.137. The Hall–Kier alpha value is -4.38. The van der Waals surface area contributed by atoms with Gasteiger partial charge < -0.3 is 14.8 Å². The van der Waals surface area contributed by atoms with Crippen LogP contribution in [0.5, 0.6) is 0 Å². The van der Waals surface area contributed by atoms with Gasteiger partial charge in [-0.2, -0.15) is 13.2 Å². The van der Waals surface area contributed by atoms with Crippen LogP contribution in [0.4, 0.5) is 29.6 Å². The summed E-state index contributed by atoms with van der Waals surface area (Å²) >= 11 is 0. The van der Waals surface area contributed by atoms with Crippen LogP contribution in [0.3, 0.4) is 0 Å². The second kappa shape index (κ2) is 8.09. The SMILES string of the molecule is COC(=O)Nc1nc2ccc(C3(O)c4ccccc4C(=O)N3c3cc(C)cc(C(F)(F)F)c3)cc2[nH]1. The highest BCUT2D eigenvalue weighted by molar-refractivity contribution is 6.12. The van der Waals surface area contributed by atoms with E-state index in [1.807, 2.05) is 0 Å². The van der Waals surface area contributed by atoms with Gasteiger partial charge in [0, 0.05) is 22.4 Å². The number of ether oxygens (including phenoxy) is 1. The monoisotopic (exact) mass is 496 g/mol. The molecule has 2 heterocycles. The van der Waals surface area contributed by atoms with Crippen molar-refractivity contribution >= 4 is 34.7 Å². The predicted molar refractivity (Wildman–Crippen MR) is 125 cm³/mol. The lowest BCUT2D eigenvalue weighted by Crippen LogP contribution is -2.45. The molecular formula is C25H19F3N4O4. The van der Waals surface area contributed by atoms with Gasteiger partial charge in [0.1, 0.15) is 0 Å². The number of H-pyrrole nitrogens is 1. The maximum absolute atomic E-state index is 13.6. The number of methoxy groups -OCH3 is 1. The van der Waals surface area contributed by atoms with Crippen molar-refractivity contribution in [3.8, 4) is 0 Å². The summed E-state index contributed by atoms with van der Waals surface area (Å²) in [6, 6.07) is 14.1. The van der Waals surface area contributed by atoms with Gasteiger partial charge in [-0.1, -0.05) is 24.3 Å². The van der Waals surface area contributed by atoms with Gasteiger partial charge in [0.25, 0.3) is 5.91 Å². The summed E-state index contributed by atoms with van der Waals surface area (Å²) in [4.78, 5) is 33.1. The highest BCUT2D eigenvalue weighted by atomic mass is 19.4. The summed E-state index contributed by atoms with van der Waals surface area (Å²) < 4.78 is 45.3. The van der Waals surface area contributed by atoms with E-state index in [0.717, 1.165) is 17.0 Å². The fourth-order valence-electron chi connectivity index (χ4n) is 4.44. The fraction of sp³-hybridized carbons (Fsp3) is 0.160. The molecule has 0 bridgehead atoms. The molecule has 3 N–H and O–H groups in total. The van der Waals surface area contributed by atoms with Gasteiger partial charge in [-0.3, -0.25) is 15.0 Å². The number of aromatic amines is 1. The summed E-state index contributed by atoms with van der Waals surface area (Å²) in [5.74, 6) is -0.557. The molecule has 8 nitrogen and oxygen atoms in total. The lowest BCUT2D eigenvalue weighted by atomic mass is 9.93. The Balaban J connectivity index is 1.70. The van der Waals surface area contributed by atoms with Crippen LogP contribution in [0.25, 0.3) is 11.0 Å². The molecule has 2 amide bonds. The van der Waals surface area contributed by atoms with E-state index in [2.05, 4.69) is 20.0 Å². The van der Waals surface area contributed by atoms with E-state index in [1.165, 1.54) is 38.3 Å². The second-order valence-corrected chi connectivity index (χ2v) is 8.35. The summed E-state index contributed by atoms with van der Waals surface area (Å²) in [7, 11) is 1.20. The Bertz CT molecular complexity index is 1530. The van der Waals surface area contributed by atoms with E-state index in [0.29, 0.717) is 11.0 Å². The highest BCUT2D eigenvalue weighted by Gasteiger charge is 2.51.